The lowest BCUT2D eigenvalue weighted by atomic mass is 10.1. The molecule has 0 aromatic heterocycles. The highest BCUT2D eigenvalue weighted by atomic mass is 32.2. The van der Waals surface area contributed by atoms with Gasteiger partial charge >= 0.3 is 6.18 Å². The summed E-state index contributed by atoms with van der Waals surface area (Å²) in [5.74, 6) is -0.594. The zero-order chi connectivity index (χ0) is 19.2. The van der Waals surface area contributed by atoms with E-state index >= 15 is 0 Å². The lowest BCUT2D eigenvalue weighted by molar-refractivity contribution is -0.393. The maximum absolute atomic E-state index is 12.9. The maximum Gasteiger partial charge on any atom is 0.416 e. The molecule has 1 heterocycles. The van der Waals surface area contributed by atoms with Crippen molar-refractivity contribution in [1.29, 1.82) is 0 Å². The Morgan fingerprint density at radius 1 is 1.16 bits per heavy atom. The Morgan fingerprint density at radius 2 is 1.64 bits per heavy atom. The van der Waals surface area contributed by atoms with Crippen molar-refractivity contribution in [3.8, 4) is 0 Å². The van der Waals surface area contributed by atoms with Gasteiger partial charge in [0.15, 0.2) is 15.5 Å². The second-order valence-corrected chi connectivity index (χ2v) is 7.77. The fraction of sp³-hybridized carbons (Fsp3) is 0.500. The molecule has 1 aliphatic heterocycles. The molecule has 0 radical (unpaired) electrons. The molecule has 0 saturated carbocycles. The standard InChI is InChI=1S/C12H12F3N3O6S/c1-16(8-2-3-25(23,24)6-8)11-9(17(19)20)4-7(12(13,14)15)5-10(11)18(21)22/h4-5,8H,2-3,6H2,1H3/t8-/m0/s1. The molecule has 0 aliphatic carbocycles. The van der Waals surface area contributed by atoms with Crippen molar-refractivity contribution in [1.82, 2.24) is 0 Å². The normalized spacial score (nSPS) is 19.6. The number of benzene rings is 1. The van der Waals surface area contributed by atoms with Crippen LogP contribution >= 0.6 is 0 Å². The average Bonchev–Trinajstić information content (AvgIpc) is 2.84. The molecule has 0 N–H and O–H groups in total. The van der Waals surface area contributed by atoms with Crippen LogP contribution in [0.5, 0.6) is 0 Å². The Bertz CT molecular complexity index is 804. The van der Waals surface area contributed by atoms with E-state index in [-0.39, 0.29) is 24.3 Å². The van der Waals surface area contributed by atoms with Crippen molar-refractivity contribution in [3.05, 3.63) is 37.9 Å². The van der Waals surface area contributed by atoms with E-state index in [2.05, 4.69) is 0 Å². The number of alkyl halides is 3. The van der Waals surface area contributed by atoms with Crippen LogP contribution in [-0.2, 0) is 16.0 Å². The van der Waals surface area contributed by atoms with Crippen molar-refractivity contribution in [2.24, 2.45) is 0 Å². The summed E-state index contributed by atoms with van der Waals surface area (Å²) in [5.41, 5.74) is -4.38. The van der Waals surface area contributed by atoms with E-state index in [1.165, 1.54) is 7.05 Å². The SMILES string of the molecule is CN(c1c([N+](=O)[O-])cc(C(F)(F)F)cc1[N+](=O)[O-])[C@H]1CCS(=O)(=O)C1. The van der Waals surface area contributed by atoms with Crippen molar-refractivity contribution in [3.63, 3.8) is 0 Å². The first kappa shape index (κ1) is 18.9. The van der Waals surface area contributed by atoms with Gasteiger partial charge in [0.25, 0.3) is 11.4 Å². The Morgan fingerprint density at radius 3 is 1.96 bits per heavy atom. The van der Waals surface area contributed by atoms with Crippen LogP contribution in [0.15, 0.2) is 12.1 Å². The zero-order valence-electron chi connectivity index (χ0n) is 12.7. The quantitative estimate of drug-likeness (QED) is 0.576. The predicted molar refractivity (Wildman–Crippen MR) is 80.2 cm³/mol. The molecule has 0 spiro atoms. The first-order valence-electron chi connectivity index (χ1n) is 6.81. The van der Waals surface area contributed by atoms with Gasteiger partial charge < -0.3 is 4.90 Å². The molecule has 0 unspecified atom stereocenters. The number of anilines is 1. The Labute approximate surface area is 139 Å². The molecule has 0 amide bonds. The number of hydrogen-bond donors (Lipinski definition) is 0. The molecule has 1 fully saturated rings. The number of nitro benzene ring substituents is 2. The van der Waals surface area contributed by atoms with E-state index < -0.39 is 60.3 Å². The van der Waals surface area contributed by atoms with Crippen LogP contribution < -0.4 is 4.90 Å². The molecule has 1 aliphatic rings. The van der Waals surface area contributed by atoms with E-state index in [1.54, 1.807) is 0 Å². The molecule has 1 aromatic rings. The summed E-state index contributed by atoms with van der Waals surface area (Å²) in [7, 11) is -2.22. The summed E-state index contributed by atoms with van der Waals surface area (Å²) in [6.07, 6.45) is -4.95. The summed E-state index contributed by atoms with van der Waals surface area (Å²) in [6, 6.07) is -0.385. The fourth-order valence-corrected chi connectivity index (χ4v) is 4.45. The van der Waals surface area contributed by atoms with E-state index in [4.69, 9.17) is 0 Å². The average molecular weight is 383 g/mol. The topological polar surface area (TPSA) is 124 Å². The van der Waals surface area contributed by atoms with Gasteiger partial charge in [0.1, 0.15) is 0 Å². The van der Waals surface area contributed by atoms with Gasteiger partial charge in [-0.05, 0) is 6.42 Å². The molecule has 1 aromatic carbocycles. The number of nitrogens with zero attached hydrogens (tertiary/aromatic N) is 3. The number of nitro groups is 2. The third kappa shape index (κ3) is 3.81. The van der Waals surface area contributed by atoms with Crippen LogP contribution in [0.2, 0.25) is 0 Å². The number of hydrogen-bond acceptors (Lipinski definition) is 7. The van der Waals surface area contributed by atoms with E-state index in [0.717, 1.165) is 4.90 Å². The highest BCUT2D eigenvalue weighted by Crippen LogP contribution is 2.43. The van der Waals surface area contributed by atoms with Gasteiger partial charge in [-0.2, -0.15) is 13.2 Å². The second kappa shape index (κ2) is 6.13. The first-order chi connectivity index (χ1) is 11.3. The van der Waals surface area contributed by atoms with Gasteiger partial charge in [-0.3, -0.25) is 20.2 Å². The molecule has 1 atom stereocenters. The smallest absolute Gasteiger partial charge is 0.359 e. The van der Waals surface area contributed by atoms with Crippen molar-refractivity contribution >= 4 is 26.9 Å². The van der Waals surface area contributed by atoms with Crippen LogP contribution in [-0.4, -0.2) is 42.9 Å². The number of halogens is 3. The Balaban J connectivity index is 2.66. The highest BCUT2D eigenvalue weighted by Gasteiger charge is 2.41. The van der Waals surface area contributed by atoms with Gasteiger partial charge in [0, 0.05) is 25.2 Å². The van der Waals surface area contributed by atoms with E-state index in [9.17, 15) is 41.8 Å². The summed E-state index contributed by atoms with van der Waals surface area (Å²) < 4.78 is 61.7. The maximum atomic E-state index is 12.9. The van der Waals surface area contributed by atoms with Crippen molar-refractivity contribution < 1.29 is 31.4 Å². The molecule has 13 heteroatoms. The van der Waals surface area contributed by atoms with Gasteiger partial charge in [-0.25, -0.2) is 8.42 Å². The molecule has 9 nitrogen and oxygen atoms in total. The molecule has 0 bridgehead atoms. The van der Waals surface area contributed by atoms with Crippen molar-refractivity contribution in [2.75, 3.05) is 23.5 Å². The van der Waals surface area contributed by atoms with Crippen LogP contribution in [0.4, 0.5) is 30.2 Å². The summed E-state index contributed by atoms with van der Waals surface area (Å²) in [5, 5.41) is 22.4. The highest BCUT2D eigenvalue weighted by molar-refractivity contribution is 7.91. The van der Waals surface area contributed by atoms with Crippen LogP contribution in [0.3, 0.4) is 0 Å². The first-order valence-corrected chi connectivity index (χ1v) is 8.63. The van der Waals surface area contributed by atoms with Crippen LogP contribution in [0, 0.1) is 20.2 Å². The lowest BCUT2D eigenvalue weighted by Gasteiger charge is -2.25. The third-order valence-corrected chi connectivity index (χ3v) is 5.65. The molecular weight excluding hydrogens is 371 g/mol. The van der Waals surface area contributed by atoms with Gasteiger partial charge in [0.05, 0.1) is 26.9 Å². The Hall–Kier alpha value is -2.44. The zero-order valence-corrected chi connectivity index (χ0v) is 13.5. The molecule has 138 valence electrons. The van der Waals surface area contributed by atoms with Crippen LogP contribution in [0.1, 0.15) is 12.0 Å². The number of sulfone groups is 1. The second-order valence-electron chi connectivity index (χ2n) is 5.54. The van der Waals surface area contributed by atoms with Gasteiger partial charge in [-0.1, -0.05) is 0 Å². The summed E-state index contributed by atoms with van der Waals surface area (Å²) in [4.78, 5) is 21.1. The minimum Gasteiger partial charge on any atom is -0.359 e. The fourth-order valence-electron chi connectivity index (χ4n) is 2.67. The monoisotopic (exact) mass is 383 g/mol. The van der Waals surface area contributed by atoms with Crippen LogP contribution in [0.25, 0.3) is 0 Å². The molecule has 2 rings (SSSR count). The lowest BCUT2D eigenvalue weighted by Crippen LogP contribution is -2.33. The van der Waals surface area contributed by atoms with Gasteiger partial charge in [-0.15, -0.1) is 0 Å². The minimum atomic E-state index is -5.01. The third-order valence-electron chi connectivity index (χ3n) is 3.90. The largest absolute Gasteiger partial charge is 0.416 e. The molecular formula is C12H12F3N3O6S. The Kier molecular flexibility index (Phi) is 4.63. The number of rotatable bonds is 4. The summed E-state index contributed by atoms with van der Waals surface area (Å²) >= 11 is 0. The van der Waals surface area contributed by atoms with E-state index in [1.807, 2.05) is 0 Å². The molecule has 25 heavy (non-hydrogen) atoms. The summed E-state index contributed by atoms with van der Waals surface area (Å²) in [6.45, 7) is 0. The van der Waals surface area contributed by atoms with E-state index in [0.29, 0.717) is 0 Å². The predicted octanol–water partition coefficient (Wildman–Crippen LogP) is 2.15. The minimum absolute atomic E-state index is 0.0637. The van der Waals surface area contributed by atoms with Gasteiger partial charge in [0.2, 0.25) is 0 Å². The van der Waals surface area contributed by atoms with Crippen molar-refractivity contribution in [2.45, 2.75) is 18.6 Å². The molecule has 1 saturated heterocycles.